The Morgan fingerprint density at radius 1 is 1.22 bits per heavy atom. The summed E-state index contributed by atoms with van der Waals surface area (Å²) in [6.07, 6.45) is 0.0388. The molecule has 2 unspecified atom stereocenters. The van der Waals surface area contributed by atoms with Crippen molar-refractivity contribution in [3.8, 4) is 5.75 Å². The van der Waals surface area contributed by atoms with Gasteiger partial charge in [0.15, 0.2) is 0 Å². The van der Waals surface area contributed by atoms with Crippen molar-refractivity contribution < 1.29 is 14.2 Å². The first-order chi connectivity index (χ1) is 8.58. The fourth-order valence-electron chi connectivity index (χ4n) is 1.78. The van der Waals surface area contributed by atoms with Gasteiger partial charge in [-0.1, -0.05) is 17.7 Å². The lowest BCUT2D eigenvalue weighted by molar-refractivity contribution is 0.00310. The summed E-state index contributed by atoms with van der Waals surface area (Å²) in [6, 6.07) is 5.78. The number of benzene rings is 1. The fraction of sp³-hybridized carbons (Fsp3) is 0.571. The summed E-state index contributed by atoms with van der Waals surface area (Å²) in [7, 11) is 3.30. The third-order valence-corrected chi connectivity index (χ3v) is 2.75. The topological polar surface area (TPSA) is 53.7 Å². The molecule has 0 spiro atoms. The number of hydrogen-bond acceptors (Lipinski definition) is 4. The van der Waals surface area contributed by atoms with Crippen LogP contribution in [0, 0.1) is 6.92 Å². The van der Waals surface area contributed by atoms with E-state index >= 15 is 0 Å². The van der Waals surface area contributed by atoms with Crippen molar-refractivity contribution >= 4 is 0 Å². The van der Waals surface area contributed by atoms with Crippen molar-refractivity contribution in [2.75, 3.05) is 27.4 Å². The standard InChI is InChI=1S/C14H23NO3/c1-10-5-6-14(17-4)12(7-10)13(15)9-18-11(2)8-16-3/h5-7,11,13H,8-9,15H2,1-4H3. The summed E-state index contributed by atoms with van der Waals surface area (Å²) in [5, 5.41) is 0. The molecule has 4 heteroatoms. The van der Waals surface area contributed by atoms with Crippen molar-refractivity contribution in [3.63, 3.8) is 0 Å². The Hall–Kier alpha value is -1.10. The van der Waals surface area contributed by atoms with E-state index in [2.05, 4.69) is 0 Å². The van der Waals surface area contributed by atoms with Crippen LogP contribution in [0.25, 0.3) is 0 Å². The second-order valence-corrected chi connectivity index (χ2v) is 4.45. The average molecular weight is 253 g/mol. The molecule has 0 aliphatic heterocycles. The van der Waals surface area contributed by atoms with E-state index in [9.17, 15) is 0 Å². The zero-order chi connectivity index (χ0) is 13.5. The Morgan fingerprint density at radius 2 is 1.94 bits per heavy atom. The quantitative estimate of drug-likeness (QED) is 0.808. The van der Waals surface area contributed by atoms with E-state index in [0.717, 1.165) is 16.9 Å². The van der Waals surface area contributed by atoms with Gasteiger partial charge in [0.25, 0.3) is 0 Å². The average Bonchev–Trinajstić information content (AvgIpc) is 2.36. The highest BCUT2D eigenvalue weighted by atomic mass is 16.5. The van der Waals surface area contributed by atoms with Gasteiger partial charge in [0.2, 0.25) is 0 Å². The van der Waals surface area contributed by atoms with Gasteiger partial charge >= 0.3 is 0 Å². The van der Waals surface area contributed by atoms with E-state index in [1.54, 1.807) is 14.2 Å². The molecule has 0 aliphatic carbocycles. The molecule has 0 saturated heterocycles. The van der Waals surface area contributed by atoms with E-state index < -0.39 is 0 Å². The van der Waals surface area contributed by atoms with Crippen LogP contribution in [0.3, 0.4) is 0 Å². The maximum absolute atomic E-state index is 6.14. The summed E-state index contributed by atoms with van der Waals surface area (Å²) in [5.74, 6) is 0.802. The molecule has 4 nitrogen and oxygen atoms in total. The maximum atomic E-state index is 6.14. The number of aryl methyl sites for hydroxylation is 1. The molecular formula is C14H23NO3. The lowest BCUT2D eigenvalue weighted by Crippen LogP contribution is -2.23. The van der Waals surface area contributed by atoms with E-state index in [0.29, 0.717) is 13.2 Å². The van der Waals surface area contributed by atoms with Gasteiger partial charge in [0.05, 0.1) is 32.5 Å². The molecule has 0 aromatic heterocycles. The molecule has 2 atom stereocenters. The zero-order valence-electron chi connectivity index (χ0n) is 11.6. The van der Waals surface area contributed by atoms with Crippen LogP contribution < -0.4 is 10.5 Å². The Morgan fingerprint density at radius 3 is 2.56 bits per heavy atom. The van der Waals surface area contributed by atoms with Crippen LogP contribution in [0.2, 0.25) is 0 Å². The fourth-order valence-corrected chi connectivity index (χ4v) is 1.78. The second kappa shape index (κ2) is 7.36. The first kappa shape index (κ1) is 15.0. The Labute approximate surface area is 109 Å². The van der Waals surface area contributed by atoms with Gasteiger partial charge < -0.3 is 19.9 Å². The normalized spacial score (nSPS) is 14.3. The molecule has 1 rings (SSSR count). The molecule has 0 bridgehead atoms. The van der Waals surface area contributed by atoms with E-state index in [4.69, 9.17) is 19.9 Å². The molecule has 18 heavy (non-hydrogen) atoms. The van der Waals surface area contributed by atoms with E-state index in [1.165, 1.54) is 0 Å². The minimum Gasteiger partial charge on any atom is -0.496 e. The van der Waals surface area contributed by atoms with Gasteiger partial charge in [-0.05, 0) is 19.9 Å². The van der Waals surface area contributed by atoms with Crippen molar-refractivity contribution in [1.29, 1.82) is 0 Å². The van der Waals surface area contributed by atoms with Crippen molar-refractivity contribution in [3.05, 3.63) is 29.3 Å². The highest BCUT2D eigenvalue weighted by molar-refractivity contribution is 5.39. The van der Waals surface area contributed by atoms with Gasteiger partial charge in [-0.3, -0.25) is 0 Å². The molecule has 1 aromatic rings. The first-order valence-corrected chi connectivity index (χ1v) is 6.09. The molecule has 1 aromatic carbocycles. The zero-order valence-corrected chi connectivity index (χ0v) is 11.6. The molecule has 0 amide bonds. The summed E-state index contributed by atoms with van der Waals surface area (Å²) in [5.41, 5.74) is 8.27. The van der Waals surface area contributed by atoms with Crippen LogP contribution >= 0.6 is 0 Å². The number of methoxy groups -OCH3 is 2. The van der Waals surface area contributed by atoms with Gasteiger partial charge in [0, 0.05) is 12.7 Å². The molecule has 0 fully saturated rings. The largest absolute Gasteiger partial charge is 0.496 e. The molecule has 2 N–H and O–H groups in total. The predicted octanol–water partition coefficient (Wildman–Crippen LogP) is 2.05. The van der Waals surface area contributed by atoms with Gasteiger partial charge in [-0.25, -0.2) is 0 Å². The van der Waals surface area contributed by atoms with E-state index in [1.807, 2.05) is 32.0 Å². The van der Waals surface area contributed by atoms with E-state index in [-0.39, 0.29) is 12.1 Å². The SMILES string of the molecule is COCC(C)OCC(N)c1cc(C)ccc1OC. The molecule has 0 heterocycles. The Balaban J connectivity index is 2.65. The molecule has 102 valence electrons. The third kappa shape index (κ3) is 4.29. The molecule has 0 radical (unpaired) electrons. The first-order valence-electron chi connectivity index (χ1n) is 6.09. The smallest absolute Gasteiger partial charge is 0.123 e. The number of ether oxygens (including phenoxy) is 3. The number of nitrogens with two attached hydrogens (primary N) is 1. The highest BCUT2D eigenvalue weighted by Gasteiger charge is 2.14. The lowest BCUT2D eigenvalue weighted by Gasteiger charge is -2.19. The number of rotatable bonds is 7. The molecular weight excluding hydrogens is 230 g/mol. The Kier molecular flexibility index (Phi) is 6.12. The van der Waals surface area contributed by atoms with Crippen LogP contribution in [0.15, 0.2) is 18.2 Å². The third-order valence-electron chi connectivity index (χ3n) is 2.75. The van der Waals surface area contributed by atoms with Crippen LogP contribution in [-0.2, 0) is 9.47 Å². The van der Waals surface area contributed by atoms with Crippen molar-refractivity contribution in [2.24, 2.45) is 5.73 Å². The maximum Gasteiger partial charge on any atom is 0.123 e. The van der Waals surface area contributed by atoms with Crippen LogP contribution in [0.1, 0.15) is 24.1 Å². The predicted molar refractivity (Wildman–Crippen MR) is 71.9 cm³/mol. The van der Waals surface area contributed by atoms with Gasteiger partial charge in [-0.15, -0.1) is 0 Å². The van der Waals surface area contributed by atoms with Crippen molar-refractivity contribution in [2.45, 2.75) is 26.0 Å². The lowest BCUT2D eigenvalue weighted by atomic mass is 10.0. The summed E-state index contributed by atoms with van der Waals surface area (Å²) in [6.45, 7) is 5.01. The van der Waals surface area contributed by atoms with Crippen LogP contribution in [0.5, 0.6) is 5.75 Å². The summed E-state index contributed by atoms with van der Waals surface area (Å²) in [4.78, 5) is 0. The van der Waals surface area contributed by atoms with Crippen LogP contribution in [-0.4, -0.2) is 33.5 Å². The molecule has 0 saturated carbocycles. The minimum atomic E-state index is -0.195. The van der Waals surface area contributed by atoms with Crippen molar-refractivity contribution in [1.82, 2.24) is 0 Å². The Bertz CT molecular complexity index is 368. The van der Waals surface area contributed by atoms with Crippen LogP contribution in [0.4, 0.5) is 0 Å². The minimum absolute atomic E-state index is 0.0388. The molecule has 0 aliphatic rings. The van der Waals surface area contributed by atoms with Gasteiger partial charge in [0.1, 0.15) is 5.75 Å². The van der Waals surface area contributed by atoms with Gasteiger partial charge in [-0.2, -0.15) is 0 Å². The summed E-state index contributed by atoms with van der Waals surface area (Å²) < 4.78 is 16.0. The highest BCUT2D eigenvalue weighted by Crippen LogP contribution is 2.25. The summed E-state index contributed by atoms with van der Waals surface area (Å²) >= 11 is 0. The second-order valence-electron chi connectivity index (χ2n) is 4.45. The monoisotopic (exact) mass is 253 g/mol. The number of hydrogen-bond donors (Lipinski definition) is 1.